The maximum atomic E-state index is 14.0. The number of nitrogens with two attached hydrogens (primary N) is 1. The van der Waals surface area contributed by atoms with Crippen molar-refractivity contribution in [1.82, 2.24) is 20.0 Å². The van der Waals surface area contributed by atoms with Crippen LogP contribution in [0.4, 0.5) is 9.52 Å². The summed E-state index contributed by atoms with van der Waals surface area (Å²) in [5.74, 6) is 0.303. The number of anilines is 1. The first-order chi connectivity index (χ1) is 13.4. The molecule has 0 saturated carbocycles. The maximum Gasteiger partial charge on any atom is 0.230 e. The number of halogens is 1. The van der Waals surface area contributed by atoms with Gasteiger partial charge < -0.3 is 20.3 Å². The van der Waals surface area contributed by atoms with Crippen molar-refractivity contribution in [3.63, 3.8) is 0 Å². The second-order valence-electron chi connectivity index (χ2n) is 6.42. The first-order valence-corrected chi connectivity index (χ1v) is 9.87. The molecule has 2 atom stereocenters. The average Bonchev–Trinajstić information content (AvgIpc) is 3.22. The van der Waals surface area contributed by atoms with E-state index >= 15 is 0 Å². The number of hydrogen-bond donors (Lipinski definition) is 2. The van der Waals surface area contributed by atoms with E-state index in [0.29, 0.717) is 34.9 Å². The van der Waals surface area contributed by atoms with Gasteiger partial charge in [-0.05, 0) is 26.8 Å². The molecule has 2 aromatic heterocycles. The van der Waals surface area contributed by atoms with Crippen molar-refractivity contribution >= 4 is 22.4 Å². The smallest absolute Gasteiger partial charge is 0.230 e. The second kappa shape index (κ2) is 11.9. The zero-order valence-electron chi connectivity index (χ0n) is 16.6. The van der Waals surface area contributed by atoms with Crippen LogP contribution >= 0.6 is 11.3 Å². The molecule has 1 aliphatic rings. The molecule has 3 N–H and O–H groups in total. The molecular weight excluding hydrogens is 399 g/mol. The number of hydrogen-bond acceptors (Lipinski definition) is 9. The molecule has 0 spiro atoms. The highest BCUT2D eigenvalue weighted by Gasteiger charge is 2.28. The number of aryl methyl sites for hydroxylation is 1. The van der Waals surface area contributed by atoms with E-state index < -0.39 is 5.95 Å². The van der Waals surface area contributed by atoms with Crippen LogP contribution in [-0.4, -0.2) is 51.7 Å². The lowest BCUT2D eigenvalue weighted by Crippen LogP contribution is -2.42. The fourth-order valence-electron chi connectivity index (χ4n) is 2.98. The number of likely N-dealkylation sites (tertiary alicyclic amines) is 1. The van der Waals surface area contributed by atoms with E-state index in [2.05, 4.69) is 38.0 Å². The van der Waals surface area contributed by atoms with Crippen LogP contribution in [0, 0.1) is 12.9 Å². The van der Waals surface area contributed by atoms with E-state index in [1.54, 1.807) is 6.92 Å². The molecule has 1 saturated heterocycles. The van der Waals surface area contributed by atoms with Gasteiger partial charge in [0.15, 0.2) is 11.0 Å². The predicted molar refractivity (Wildman–Crippen MR) is 110 cm³/mol. The summed E-state index contributed by atoms with van der Waals surface area (Å²) in [7, 11) is 1.50. The standard InChI is InChI=1S/C16H22FN5O3S.CH5N.CH4/c1-9-6-12(24-8-14-19-11(3)25-21-14)4-5-22(9)7-13-15(17)20-16(26-13)18-10(2)23;1-2;/h9,12H,4-8H2,1-3H3,(H,18,20,23);2H2,1H3;1H4. The third-order valence-electron chi connectivity index (χ3n) is 4.26. The predicted octanol–water partition coefficient (Wildman–Crippen LogP) is 2.71. The van der Waals surface area contributed by atoms with Crippen molar-refractivity contribution in [2.24, 2.45) is 5.73 Å². The summed E-state index contributed by atoms with van der Waals surface area (Å²) >= 11 is 1.18. The zero-order chi connectivity index (χ0) is 20.7. The van der Waals surface area contributed by atoms with E-state index in [1.165, 1.54) is 25.3 Å². The Bertz CT molecular complexity index is 769. The van der Waals surface area contributed by atoms with Gasteiger partial charge in [-0.15, -0.1) is 0 Å². The number of ether oxygens (including phenoxy) is 1. The normalized spacial score (nSPS) is 19.1. The fraction of sp³-hybridized carbons (Fsp3) is 0.667. The minimum atomic E-state index is -0.517. The Labute approximate surface area is 174 Å². The van der Waals surface area contributed by atoms with E-state index in [9.17, 15) is 9.18 Å². The number of amides is 1. The van der Waals surface area contributed by atoms with Crippen molar-refractivity contribution in [1.29, 1.82) is 0 Å². The van der Waals surface area contributed by atoms with Crippen molar-refractivity contribution in [3.8, 4) is 0 Å². The molecule has 2 aromatic rings. The molecule has 164 valence electrons. The molecule has 9 nitrogen and oxygen atoms in total. The topological polar surface area (TPSA) is 119 Å². The van der Waals surface area contributed by atoms with Crippen LogP contribution in [0.25, 0.3) is 0 Å². The van der Waals surface area contributed by atoms with Gasteiger partial charge in [0.1, 0.15) is 6.61 Å². The lowest BCUT2D eigenvalue weighted by molar-refractivity contribution is -0.114. The van der Waals surface area contributed by atoms with Crippen LogP contribution in [0.1, 0.15) is 50.7 Å². The Morgan fingerprint density at radius 3 is 2.76 bits per heavy atom. The molecule has 3 heterocycles. The number of rotatable bonds is 6. The third kappa shape index (κ3) is 7.42. The van der Waals surface area contributed by atoms with Gasteiger partial charge in [-0.2, -0.15) is 14.4 Å². The Morgan fingerprint density at radius 2 is 2.17 bits per heavy atom. The monoisotopic (exact) mass is 430 g/mol. The maximum absolute atomic E-state index is 14.0. The fourth-order valence-corrected chi connectivity index (χ4v) is 3.89. The molecule has 2 unspecified atom stereocenters. The summed E-state index contributed by atoms with van der Waals surface area (Å²) in [6, 6.07) is 0.242. The molecule has 0 radical (unpaired) electrons. The molecular formula is C18H31FN6O3S. The van der Waals surface area contributed by atoms with Gasteiger partial charge in [0, 0.05) is 33.0 Å². The van der Waals surface area contributed by atoms with Crippen LogP contribution in [0.5, 0.6) is 0 Å². The largest absolute Gasteiger partial charge is 0.370 e. The number of carbonyl (C=O) groups excluding carboxylic acids is 1. The molecule has 0 aliphatic carbocycles. The Morgan fingerprint density at radius 1 is 1.45 bits per heavy atom. The quantitative estimate of drug-likeness (QED) is 0.718. The number of piperidine rings is 1. The van der Waals surface area contributed by atoms with Gasteiger partial charge in [-0.1, -0.05) is 23.9 Å². The Balaban J connectivity index is 0.00000136. The SMILES string of the molecule is C.CC(=O)Nc1nc(F)c(CN2CCC(OCc3noc(C)n3)CC2C)s1.CN. The number of aromatic nitrogens is 3. The van der Waals surface area contributed by atoms with E-state index in [-0.39, 0.29) is 25.5 Å². The second-order valence-corrected chi connectivity index (χ2v) is 7.50. The van der Waals surface area contributed by atoms with Gasteiger partial charge in [0.25, 0.3) is 0 Å². The first-order valence-electron chi connectivity index (χ1n) is 9.06. The third-order valence-corrected chi connectivity index (χ3v) is 5.19. The van der Waals surface area contributed by atoms with Crippen LogP contribution in [0.2, 0.25) is 0 Å². The highest BCUT2D eigenvalue weighted by molar-refractivity contribution is 7.15. The van der Waals surface area contributed by atoms with Crippen molar-refractivity contribution in [2.45, 2.75) is 66.3 Å². The van der Waals surface area contributed by atoms with E-state index in [1.807, 2.05) is 0 Å². The summed E-state index contributed by atoms with van der Waals surface area (Å²) in [4.78, 5) is 21.7. The summed E-state index contributed by atoms with van der Waals surface area (Å²) in [5, 5.41) is 6.65. The summed E-state index contributed by atoms with van der Waals surface area (Å²) in [6.07, 6.45) is 1.80. The molecule has 11 heteroatoms. The van der Waals surface area contributed by atoms with Gasteiger partial charge in [0.2, 0.25) is 17.7 Å². The van der Waals surface area contributed by atoms with Crippen LogP contribution in [-0.2, 0) is 22.7 Å². The molecule has 1 aliphatic heterocycles. The summed E-state index contributed by atoms with van der Waals surface area (Å²) < 4.78 is 24.8. The molecule has 3 rings (SSSR count). The van der Waals surface area contributed by atoms with E-state index in [0.717, 1.165) is 19.4 Å². The Kier molecular flexibility index (Phi) is 10.3. The van der Waals surface area contributed by atoms with Crippen LogP contribution in [0.3, 0.4) is 0 Å². The number of thiazole rings is 1. The summed E-state index contributed by atoms with van der Waals surface area (Å²) in [6.45, 7) is 6.82. The number of carbonyl (C=O) groups is 1. The van der Waals surface area contributed by atoms with E-state index in [4.69, 9.17) is 9.26 Å². The lowest BCUT2D eigenvalue weighted by Gasteiger charge is -2.37. The average molecular weight is 431 g/mol. The highest BCUT2D eigenvalue weighted by Crippen LogP contribution is 2.27. The minimum absolute atomic E-state index is 0. The van der Waals surface area contributed by atoms with Crippen molar-refractivity contribution < 1.29 is 18.4 Å². The van der Waals surface area contributed by atoms with Crippen LogP contribution < -0.4 is 11.1 Å². The number of nitrogens with zero attached hydrogens (tertiary/aromatic N) is 4. The molecule has 0 bridgehead atoms. The van der Waals surface area contributed by atoms with Crippen molar-refractivity contribution in [3.05, 3.63) is 22.5 Å². The zero-order valence-corrected chi connectivity index (χ0v) is 17.4. The van der Waals surface area contributed by atoms with Crippen LogP contribution in [0.15, 0.2) is 4.52 Å². The summed E-state index contributed by atoms with van der Waals surface area (Å²) in [5.41, 5.74) is 4.50. The molecule has 29 heavy (non-hydrogen) atoms. The Hall–Kier alpha value is -1.95. The minimum Gasteiger partial charge on any atom is -0.370 e. The molecule has 1 amide bonds. The van der Waals surface area contributed by atoms with Gasteiger partial charge in [-0.3, -0.25) is 9.69 Å². The number of nitrogens with one attached hydrogen (secondary N) is 1. The first kappa shape index (κ1) is 25.1. The molecule has 1 fully saturated rings. The highest BCUT2D eigenvalue weighted by atomic mass is 32.1. The van der Waals surface area contributed by atoms with Gasteiger partial charge in [0.05, 0.1) is 11.0 Å². The lowest BCUT2D eigenvalue weighted by atomic mass is 10.0. The van der Waals surface area contributed by atoms with Gasteiger partial charge in [-0.25, -0.2) is 0 Å². The molecule has 0 aromatic carbocycles. The van der Waals surface area contributed by atoms with Crippen molar-refractivity contribution in [2.75, 3.05) is 18.9 Å². The van der Waals surface area contributed by atoms with Gasteiger partial charge >= 0.3 is 0 Å².